The summed E-state index contributed by atoms with van der Waals surface area (Å²) in [6.07, 6.45) is -0.634. The molecule has 0 fully saturated rings. The molecule has 0 spiro atoms. The highest BCUT2D eigenvalue weighted by Gasteiger charge is 2.29. The number of benzene rings is 3. The number of nitrogens with one attached hydrogen (secondary N) is 1. The first-order chi connectivity index (χ1) is 16.0. The maximum atomic E-state index is 13.0. The van der Waals surface area contributed by atoms with Crippen LogP contribution in [0.4, 0.5) is 11.4 Å². The van der Waals surface area contributed by atoms with Crippen molar-refractivity contribution in [1.82, 2.24) is 0 Å². The SMILES string of the molecule is CS(=O)(=O)c1ccc(C(=O)OC(C(=O)Nc2cc(Cl)cc(Cl)c2)c2ccccc2)cc1[N+](=O)[O-]. The Morgan fingerprint density at radius 2 is 1.62 bits per heavy atom. The summed E-state index contributed by atoms with van der Waals surface area (Å²) < 4.78 is 29.0. The molecule has 1 amide bonds. The van der Waals surface area contributed by atoms with E-state index in [2.05, 4.69) is 5.32 Å². The van der Waals surface area contributed by atoms with Gasteiger partial charge in [-0.25, -0.2) is 13.2 Å². The molecule has 176 valence electrons. The van der Waals surface area contributed by atoms with Crippen LogP contribution < -0.4 is 5.32 Å². The van der Waals surface area contributed by atoms with Crippen molar-refractivity contribution >= 4 is 56.3 Å². The van der Waals surface area contributed by atoms with E-state index >= 15 is 0 Å². The van der Waals surface area contributed by atoms with Crippen LogP contribution in [0, 0.1) is 10.1 Å². The van der Waals surface area contributed by atoms with Crippen molar-refractivity contribution in [3.05, 3.63) is 98.0 Å². The number of amides is 1. The number of sulfone groups is 1. The number of halogens is 2. The van der Waals surface area contributed by atoms with Gasteiger partial charge in [0.2, 0.25) is 6.10 Å². The van der Waals surface area contributed by atoms with E-state index in [0.29, 0.717) is 5.56 Å². The van der Waals surface area contributed by atoms with Crippen molar-refractivity contribution in [1.29, 1.82) is 0 Å². The molecule has 12 heteroatoms. The number of nitrogens with zero attached hydrogens (tertiary/aromatic N) is 1. The lowest BCUT2D eigenvalue weighted by Crippen LogP contribution is -2.26. The number of anilines is 1. The Morgan fingerprint density at radius 3 is 2.18 bits per heavy atom. The molecule has 1 unspecified atom stereocenters. The van der Waals surface area contributed by atoms with Crippen LogP contribution in [-0.4, -0.2) is 31.5 Å². The largest absolute Gasteiger partial charge is 0.444 e. The molecule has 0 heterocycles. The van der Waals surface area contributed by atoms with Gasteiger partial charge in [0.05, 0.1) is 10.5 Å². The zero-order valence-electron chi connectivity index (χ0n) is 17.4. The van der Waals surface area contributed by atoms with Gasteiger partial charge in [0.15, 0.2) is 9.84 Å². The molecule has 0 saturated carbocycles. The second-order valence-corrected chi connectivity index (χ2v) is 9.91. The zero-order valence-corrected chi connectivity index (χ0v) is 19.7. The highest BCUT2D eigenvalue weighted by atomic mass is 35.5. The van der Waals surface area contributed by atoms with E-state index in [-0.39, 0.29) is 21.3 Å². The summed E-state index contributed by atoms with van der Waals surface area (Å²) in [4.78, 5) is 35.7. The second kappa shape index (κ2) is 10.2. The third kappa shape index (κ3) is 6.10. The summed E-state index contributed by atoms with van der Waals surface area (Å²) in [5, 5.41) is 14.5. The van der Waals surface area contributed by atoms with Gasteiger partial charge in [0.1, 0.15) is 4.90 Å². The fraction of sp³-hybridized carbons (Fsp3) is 0.0909. The highest BCUT2D eigenvalue weighted by Crippen LogP contribution is 2.28. The molecule has 9 nitrogen and oxygen atoms in total. The number of ether oxygens (including phenoxy) is 1. The Hall–Kier alpha value is -3.47. The summed E-state index contributed by atoms with van der Waals surface area (Å²) in [7, 11) is -3.92. The lowest BCUT2D eigenvalue weighted by Gasteiger charge is -2.18. The Balaban J connectivity index is 1.94. The number of nitro benzene ring substituents is 1. The minimum atomic E-state index is -3.92. The number of carbonyl (C=O) groups is 2. The molecule has 0 aliphatic heterocycles. The summed E-state index contributed by atoms with van der Waals surface area (Å²) in [6, 6.07) is 15.2. The van der Waals surface area contributed by atoms with Crippen LogP contribution >= 0.6 is 23.2 Å². The summed E-state index contributed by atoms with van der Waals surface area (Å²) in [5.41, 5.74) is -0.513. The van der Waals surface area contributed by atoms with Crippen molar-refractivity contribution in [2.45, 2.75) is 11.0 Å². The van der Waals surface area contributed by atoms with Crippen molar-refractivity contribution < 1.29 is 27.7 Å². The normalized spacial score (nSPS) is 12.0. The molecule has 0 bridgehead atoms. The number of nitro groups is 1. The molecule has 3 rings (SSSR count). The average Bonchev–Trinajstić information content (AvgIpc) is 2.76. The standard InChI is InChI=1S/C22H16Cl2N2O7S/c1-34(31,32)19-8-7-14(9-18(19)26(29)30)22(28)33-20(13-5-3-2-4-6-13)21(27)25-17-11-15(23)10-16(24)12-17/h2-12,20H,1H3,(H,25,27). The van der Waals surface area contributed by atoms with Gasteiger partial charge in [0, 0.05) is 33.6 Å². The Labute approximate surface area is 204 Å². The number of carbonyl (C=O) groups excluding carboxylic acids is 2. The van der Waals surface area contributed by atoms with Gasteiger partial charge in [0.25, 0.3) is 11.6 Å². The third-order valence-corrected chi connectivity index (χ3v) is 6.07. The molecule has 3 aromatic rings. The summed E-state index contributed by atoms with van der Waals surface area (Å²) >= 11 is 11.9. The quantitative estimate of drug-likeness (QED) is 0.266. The van der Waals surface area contributed by atoms with Gasteiger partial charge >= 0.3 is 5.97 Å². The van der Waals surface area contributed by atoms with Crippen molar-refractivity contribution in [2.75, 3.05) is 11.6 Å². The van der Waals surface area contributed by atoms with Crippen LogP contribution in [0.25, 0.3) is 0 Å². The molecule has 0 saturated heterocycles. The molecule has 3 aromatic carbocycles. The maximum absolute atomic E-state index is 13.0. The van der Waals surface area contributed by atoms with Crippen molar-refractivity contribution in [3.8, 4) is 0 Å². The fourth-order valence-electron chi connectivity index (χ4n) is 3.01. The van der Waals surface area contributed by atoms with Crippen LogP contribution in [0.3, 0.4) is 0 Å². The molecule has 0 aromatic heterocycles. The zero-order chi connectivity index (χ0) is 25.0. The lowest BCUT2D eigenvalue weighted by atomic mass is 10.1. The molecule has 0 radical (unpaired) electrons. The average molecular weight is 523 g/mol. The first-order valence-electron chi connectivity index (χ1n) is 9.47. The third-order valence-electron chi connectivity index (χ3n) is 4.49. The molecule has 0 aliphatic carbocycles. The molecular formula is C22H16Cl2N2O7S. The maximum Gasteiger partial charge on any atom is 0.339 e. The van der Waals surface area contributed by atoms with Gasteiger partial charge in [-0.15, -0.1) is 0 Å². The summed E-state index contributed by atoms with van der Waals surface area (Å²) in [5.74, 6) is -1.81. The van der Waals surface area contributed by atoms with E-state index in [0.717, 1.165) is 24.5 Å². The van der Waals surface area contributed by atoms with E-state index in [1.54, 1.807) is 30.3 Å². The topological polar surface area (TPSA) is 133 Å². The highest BCUT2D eigenvalue weighted by molar-refractivity contribution is 7.90. The molecular weight excluding hydrogens is 507 g/mol. The first kappa shape index (κ1) is 25.2. The van der Waals surface area contributed by atoms with Crippen LogP contribution in [0.2, 0.25) is 10.0 Å². The van der Waals surface area contributed by atoms with Gasteiger partial charge in [-0.2, -0.15) is 0 Å². The fourth-order valence-corrected chi connectivity index (χ4v) is 4.36. The van der Waals surface area contributed by atoms with Crippen LogP contribution in [-0.2, 0) is 19.4 Å². The predicted molar refractivity (Wildman–Crippen MR) is 126 cm³/mol. The van der Waals surface area contributed by atoms with Gasteiger partial charge in [-0.05, 0) is 30.3 Å². The van der Waals surface area contributed by atoms with E-state index in [1.807, 2.05) is 0 Å². The van der Waals surface area contributed by atoms with Gasteiger partial charge < -0.3 is 10.1 Å². The number of esters is 1. The monoisotopic (exact) mass is 522 g/mol. The Kier molecular flexibility index (Phi) is 7.55. The van der Waals surface area contributed by atoms with E-state index < -0.39 is 43.3 Å². The smallest absolute Gasteiger partial charge is 0.339 e. The minimum Gasteiger partial charge on any atom is -0.444 e. The van der Waals surface area contributed by atoms with Crippen LogP contribution in [0.5, 0.6) is 0 Å². The number of hydrogen-bond acceptors (Lipinski definition) is 7. The Bertz CT molecular complexity index is 1360. The van der Waals surface area contributed by atoms with E-state index in [4.69, 9.17) is 27.9 Å². The predicted octanol–water partition coefficient (Wildman–Crippen LogP) is 4.84. The molecule has 0 aliphatic rings. The Morgan fingerprint density at radius 1 is 1.00 bits per heavy atom. The van der Waals surface area contributed by atoms with Crippen LogP contribution in [0.1, 0.15) is 22.0 Å². The lowest BCUT2D eigenvalue weighted by molar-refractivity contribution is -0.387. The molecule has 34 heavy (non-hydrogen) atoms. The molecule has 1 N–H and O–H groups in total. The number of hydrogen-bond donors (Lipinski definition) is 1. The van der Waals surface area contributed by atoms with E-state index in [1.165, 1.54) is 18.2 Å². The van der Waals surface area contributed by atoms with E-state index in [9.17, 15) is 28.1 Å². The van der Waals surface area contributed by atoms with Crippen molar-refractivity contribution in [3.63, 3.8) is 0 Å². The van der Waals surface area contributed by atoms with Gasteiger partial charge in [-0.1, -0.05) is 53.5 Å². The second-order valence-electron chi connectivity index (χ2n) is 7.06. The van der Waals surface area contributed by atoms with Crippen LogP contribution in [0.15, 0.2) is 71.6 Å². The van der Waals surface area contributed by atoms with Gasteiger partial charge in [-0.3, -0.25) is 14.9 Å². The number of rotatable bonds is 7. The first-order valence-corrected chi connectivity index (χ1v) is 12.1. The minimum absolute atomic E-state index is 0.257. The van der Waals surface area contributed by atoms with Crippen molar-refractivity contribution in [2.24, 2.45) is 0 Å². The molecule has 1 atom stereocenters. The summed E-state index contributed by atoms with van der Waals surface area (Å²) in [6.45, 7) is 0.